The van der Waals surface area contributed by atoms with Crippen molar-refractivity contribution in [3.8, 4) is 0 Å². The zero-order valence-electron chi connectivity index (χ0n) is 11.1. The summed E-state index contributed by atoms with van der Waals surface area (Å²) in [7, 11) is 0. The molecule has 0 fully saturated rings. The van der Waals surface area contributed by atoms with Gasteiger partial charge in [0.1, 0.15) is 6.61 Å². The number of carbonyl (C=O) groups excluding carboxylic acids is 1. The van der Waals surface area contributed by atoms with Crippen molar-refractivity contribution in [2.45, 2.75) is 19.6 Å². The van der Waals surface area contributed by atoms with Crippen LogP contribution in [-0.4, -0.2) is 5.97 Å². The Labute approximate surface area is 118 Å². The molecule has 0 unspecified atom stereocenters. The van der Waals surface area contributed by atoms with Crippen LogP contribution in [0.2, 0.25) is 0 Å². The molecule has 1 aliphatic heterocycles. The second kappa shape index (κ2) is 5.88. The molecule has 101 valence electrons. The molecule has 0 aromatic heterocycles. The zero-order chi connectivity index (χ0) is 13.8. The van der Waals surface area contributed by atoms with Crippen LogP contribution in [0.3, 0.4) is 0 Å². The molecule has 0 atom stereocenters. The van der Waals surface area contributed by atoms with Crippen LogP contribution in [0.4, 0.5) is 0 Å². The van der Waals surface area contributed by atoms with Gasteiger partial charge < -0.3 is 4.74 Å². The van der Waals surface area contributed by atoms with Gasteiger partial charge >= 0.3 is 5.97 Å². The maximum absolute atomic E-state index is 12.1. The summed E-state index contributed by atoms with van der Waals surface area (Å²) in [4.78, 5) is 12.1. The minimum Gasteiger partial charge on any atom is -0.459 e. The van der Waals surface area contributed by atoms with E-state index in [1.807, 2.05) is 42.5 Å². The molecular formula is C17H16NO2. The second-order valence-electron chi connectivity index (χ2n) is 4.84. The van der Waals surface area contributed by atoms with Gasteiger partial charge in [0.2, 0.25) is 0 Å². The Balaban J connectivity index is 1.59. The summed E-state index contributed by atoms with van der Waals surface area (Å²) in [6.45, 7) is 0.998. The highest BCUT2D eigenvalue weighted by atomic mass is 16.5. The molecule has 2 aromatic carbocycles. The summed E-state index contributed by atoms with van der Waals surface area (Å²) >= 11 is 0. The largest absolute Gasteiger partial charge is 0.459 e. The summed E-state index contributed by atoms with van der Waals surface area (Å²) in [5.41, 5.74) is 3.43. The molecule has 0 saturated carbocycles. The number of esters is 1. The van der Waals surface area contributed by atoms with E-state index in [1.165, 1.54) is 11.1 Å². The van der Waals surface area contributed by atoms with Crippen LogP contribution in [0.1, 0.15) is 16.7 Å². The topological polar surface area (TPSA) is 38.3 Å². The van der Waals surface area contributed by atoms with E-state index in [2.05, 4.69) is 17.4 Å². The summed E-state index contributed by atoms with van der Waals surface area (Å²) in [6, 6.07) is 18.5. The lowest BCUT2D eigenvalue weighted by atomic mass is 9.96. The number of hydrogen-bond donors (Lipinski definition) is 1. The maximum atomic E-state index is 12.1. The first-order chi connectivity index (χ1) is 9.83. The third-order valence-corrected chi connectivity index (χ3v) is 3.44. The molecule has 3 nitrogen and oxygen atoms in total. The van der Waals surface area contributed by atoms with Crippen LogP contribution in [-0.2, 0) is 29.1 Å². The van der Waals surface area contributed by atoms with Crippen LogP contribution in [0, 0.1) is 6.04 Å². The monoisotopic (exact) mass is 266 g/mol. The second-order valence-corrected chi connectivity index (χ2v) is 4.84. The normalized spacial score (nSPS) is 14.6. The predicted molar refractivity (Wildman–Crippen MR) is 76.5 cm³/mol. The number of benzene rings is 2. The summed E-state index contributed by atoms with van der Waals surface area (Å²) in [5, 5.41) is 3.15. The van der Waals surface area contributed by atoms with Gasteiger partial charge in [0.25, 0.3) is 0 Å². The lowest BCUT2D eigenvalue weighted by Crippen LogP contribution is -2.35. The van der Waals surface area contributed by atoms with Gasteiger partial charge in [-0.25, -0.2) is 4.79 Å². The van der Waals surface area contributed by atoms with E-state index in [0.717, 1.165) is 5.56 Å². The third-order valence-electron chi connectivity index (χ3n) is 3.44. The van der Waals surface area contributed by atoms with Gasteiger partial charge in [-0.3, -0.25) is 5.32 Å². The first-order valence-corrected chi connectivity index (χ1v) is 6.70. The smallest absolute Gasteiger partial charge is 0.329 e. The number of rotatable bonds is 3. The van der Waals surface area contributed by atoms with Crippen molar-refractivity contribution < 1.29 is 9.53 Å². The fourth-order valence-electron chi connectivity index (χ4n) is 2.31. The van der Waals surface area contributed by atoms with Gasteiger partial charge in [-0.05, 0) is 16.7 Å². The van der Waals surface area contributed by atoms with Crippen LogP contribution in [0.5, 0.6) is 0 Å². The minimum atomic E-state index is -0.261. The van der Waals surface area contributed by atoms with Crippen molar-refractivity contribution in [1.29, 1.82) is 0 Å². The highest BCUT2D eigenvalue weighted by molar-refractivity contribution is 5.85. The fourth-order valence-corrected chi connectivity index (χ4v) is 2.31. The molecular weight excluding hydrogens is 250 g/mol. The molecule has 3 rings (SSSR count). The number of nitrogens with one attached hydrogen (secondary N) is 1. The van der Waals surface area contributed by atoms with Crippen LogP contribution in [0.15, 0.2) is 54.6 Å². The SMILES string of the molecule is O=C(OCc1ccccc1)[C]1Cc2ccccc2CN1. The minimum absolute atomic E-state index is 0.261. The molecule has 1 aliphatic rings. The van der Waals surface area contributed by atoms with Gasteiger partial charge in [-0.1, -0.05) is 54.6 Å². The van der Waals surface area contributed by atoms with Crippen molar-refractivity contribution in [1.82, 2.24) is 5.32 Å². The van der Waals surface area contributed by atoms with Crippen LogP contribution >= 0.6 is 0 Å². The Hall–Kier alpha value is -2.13. The lowest BCUT2D eigenvalue weighted by molar-refractivity contribution is -0.143. The van der Waals surface area contributed by atoms with Crippen molar-refractivity contribution in [3.63, 3.8) is 0 Å². The van der Waals surface area contributed by atoms with Crippen molar-refractivity contribution in [2.24, 2.45) is 0 Å². The molecule has 0 bridgehead atoms. The molecule has 0 amide bonds. The Kier molecular flexibility index (Phi) is 3.79. The Bertz CT molecular complexity index is 595. The Morgan fingerprint density at radius 1 is 1.00 bits per heavy atom. The molecule has 2 aromatic rings. The lowest BCUT2D eigenvalue weighted by Gasteiger charge is -2.23. The first kappa shape index (κ1) is 12.9. The maximum Gasteiger partial charge on any atom is 0.329 e. The van der Waals surface area contributed by atoms with Crippen molar-refractivity contribution in [2.75, 3.05) is 0 Å². The number of carbonyl (C=O) groups is 1. The number of ether oxygens (including phenoxy) is 1. The first-order valence-electron chi connectivity index (χ1n) is 6.70. The summed E-state index contributed by atoms with van der Waals surface area (Å²) < 4.78 is 5.34. The molecule has 0 spiro atoms. The average molecular weight is 266 g/mol. The van der Waals surface area contributed by atoms with Gasteiger partial charge in [0.05, 0.1) is 0 Å². The van der Waals surface area contributed by atoms with E-state index in [4.69, 9.17) is 4.74 Å². The zero-order valence-corrected chi connectivity index (χ0v) is 11.1. The standard InChI is InChI=1S/C17H16NO2/c19-17(20-12-13-6-2-1-3-7-13)16-10-14-8-4-5-9-15(14)11-18-16/h1-9,18H,10-12H2. The van der Waals surface area contributed by atoms with Gasteiger partial charge in [0.15, 0.2) is 6.04 Å². The van der Waals surface area contributed by atoms with Gasteiger partial charge in [-0.15, -0.1) is 0 Å². The Morgan fingerprint density at radius 3 is 2.50 bits per heavy atom. The molecule has 3 heteroatoms. The molecule has 0 aliphatic carbocycles. The van der Waals surface area contributed by atoms with E-state index < -0.39 is 0 Å². The van der Waals surface area contributed by atoms with E-state index in [0.29, 0.717) is 25.6 Å². The molecule has 20 heavy (non-hydrogen) atoms. The summed E-state index contributed by atoms with van der Waals surface area (Å²) in [6.07, 6.45) is 0.615. The summed E-state index contributed by atoms with van der Waals surface area (Å²) in [5.74, 6) is -0.261. The predicted octanol–water partition coefficient (Wildman–Crippen LogP) is 2.61. The number of fused-ring (bicyclic) bond motifs is 1. The quantitative estimate of drug-likeness (QED) is 0.868. The van der Waals surface area contributed by atoms with Crippen LogP contribution in [0.25, 0.3) is 0 Å². The number of hydrogen-bond acceptors (Lipinski definition) is 3. The Morgan fingerprint density at radius 2 is 1.70 bits per heavy atom. The van der Waals surface area contributed by atoms with Gasteiger partial charge in [0, 0.05) is 13.0 Å². The molecule has 1 radical (unpaired) electrons. The molecule has 0 saturated heterocycles. The van der Waals surface area contributed by atoms with Crippen molar-refractivity contribution in [3.05, 3.63) is 77.3 Å². The van der Waals surface area contributed by atoms with E-state index in [-0.39, 0.29) is 5.97 Å². The highest BCUT2D eigenvalue weighted by Gasteiger charge is 2.26. The average Bonchev–Trinajstić information content (AvgIpc) is 2.53. The highest BCUT2D eigenvalue weighted by Crippen LogP contribution is 2.20. The molecule has 1 heterocycles. The molecule has 1 N–H and O–H groups in total. The third kappa shape index (κ3) is 2.89. The fraction of sp³-hybridized carbons (Fsp3) is 0.176. The van der Waals surface area contributed by atoms with Crippen molar-refractivity contribution >= 4 is 5.97 Å². The van der Waals surface area contributed by atoms with E-state index in [9.17, 15) is 4.79 Å². The van der Waals surface area contributed by atoms with Gasteiger partial charge in [-0.2, -0.15) is 0 Å². The van der Waals surface area contributed by atoms with E-state index >= 15 is 0 Å². The van der Waals surface area contributed by atoms with E-state index in [1.54, 1.807) is 0 Å². The van der Waals surface area contributed by atoms with Crippen LogP contribution < -0.4 is 5.32 Å².